The number of rotatable bonds is 8. The Bertz CT molecular complexity index is 1130. The lowest BCUT2D eigenvalue weighted by Gasteiger charge is -2.37. The molecule has 0 atom stereocenters. The van der Waals surface area contributed by atoms with Crippen LogP contribution in [-0.4, -0.2) is 17.6 Å². The second kappa shape index (κ2) is 9.92. The summed E-state index contributed by atoms with van der Waals surface area (Å²) in [5, 5.41) is 12.9. The quantitative estimate of drug-likeness (QED) is 0.414. The van der Waals surface area contributed by atoms with Gasteiger partial charge in [-0.25, -0.2) is 0 Å². The highest BCUT2D eigenvalue weighted by molar-refractivity contribution is 5.70. The molecular weight excluding hydrogens is 422 g/mol. The number of hydrogen-bond acceptors (Lipinski definition) is 3. The Morgan fingerprint density at radius 3 is 2.53 bits per heavy atom. The van der Waals surface area contributed by atoms with Crippen molar-refractivity contribution in [1.29, 1.82) is 0 Å². The monoisotopic (exact) mass is 455 g/mol. The first kappa shape index (κ1) is 22.5. The van der Waals surface area contributed by atoms with Crippen LogP contribution in [0.15, 0.2) is 72.8 Å². The second-order valence-corrected chi connectivity index (χ2v) is 9.86. The molecule has 0 amide bonds. The SMILES string of the molecule is O=C(O)C1CCC2(CCc3ccc(OCc4cccc(NCCc5ccccc5)c4)cc32)CC1. The van der Waals surface area contributed by atoms with E-state index in [9.17, 15) is 9.90 Å². The molecule has 0 radical (unpaired) electrons. The van der Waals surface area contributed by atoms with Gasteiger partial charge in [0.1, 0.15) is 12.4 Å². The summed E-state index contributed by atoms with van der Waals surface area (Å²) < 4.78 is 6.22. The van der Waals surface area contributed by atoms with Crippen molar-refractivity contribution in [2.45, 2.75) is 57.0 Å². The van der Waals surface area contributed by atoms with E-state index in [4.69, 9.17) is 4.74 Å². The number of benzene rings is 3. The molecule has 1 fully saturated rings. The van der Waals surface area contributed by atoms with Crippen LogP contribution in [-0.2, 0) is 29.7 Å². The number of anilines is 1. The van der Waals surface area contributed by atoms with Crippen molar-refractivity contribution in [2.24, 2.45) is 5.92 Å². The molecule has 0 aliphatic heterocycles. The van der Waals surface area contributed by atoms with Crippen LogP contribution in [0.4, 0.5) is 5.69 Å². The van der Waals surface area contributed by atoms with Crippen LogP contribution in [0.5, 0.6) is 5.75 Å². The first-order valence-corrected chi connectivity index (χ1v) is 12.5. The van der Waals surface area contributed by atoms with Crippen molar-refractivity contribution in [1.82, 2.24) is 0 Å². The Kier molecular flexibility index (Phi) is 6.57. The third-order valence-corrected chi connectivity index (χ3v) is 7.74. The van der Waals surface area contributed by atoms with Gasteiger partial charge in [-0.15, -0.1) is 0 Å². The number of carboxylic acids is 1. The van der Waals surface area contributed by atoms with Crippen molar-refractivity contribution in [3.8, 4) is 5.75 Å². The van der Waals surface area contributed by atoms with E-state index < -0.39 is 5.97 Å². The fourth-order valence-electron chi connectivity index (χ4n) is 5.74. The van der Waals surface area contributed by atoms with E-state index in [0.717, 1.165) is 68.5 Å². The predicted octanol–water partition coefficient (Wildman–Crippen LogP) is 6.38. The highest BCUT2D eigenvalue weighted by Gasteiger charge is 2.43. The van der Waals surface area contributed by atoms with Gasteiger partial charge in [0.2, 0.25) is 0 Å². The minimum absolute atomic E-state index is 0.142. The van der Waals surface area contributed by atoms with Crippen molar-refractivity contribution in [2.75, 3.05) is 11.9 Å². The van der Waals surface area contributed by atoms with Crippen molar-refractivity contribution < 1.29 is 14.6 Å². The average Bonchev–Trinajstić information content (AvgIpc) is 3.21. The Morgan fingerprint density at radius 2 is 1.74 bits per heavy atom. The molecule has 176 valence electrons. The van der Waals surface area contributed by atoms with Crippen LogP contribution in [0.3, 0.4) is 0 Å². The fourth-order valence-corrected chi connectivity index (χ4v) is 5.74. The molecule has 2 N–H and O–H groups in total. The molecule has 4 heteroatoms. The third kappa shape index (κ3) is 4.96. The zero-order valence-electron chi connectivity index (χ0n) is 19.6. The number of hydrogen-bond donors (Lipinski definition) is 2. The van der Waals surface area contributed by atoms with Crippen molar-refractivity contribution in [3.63, 3.8) is 0 Å². The van der Waals surface area contributed by atoms with Crippen LogP contribution < -0.4 is 10.1 Å². The maximum absolute atomic E-state index is 11.4. The molecule has 5 rings (SSSR count). The fraction of sp³-hybridized carbons (Fsp3) is 0.367. The van der Waals surface area contributed by atoms with E-state index >= 15 is 0 Å². The highest BCUT2D eigenvalue weighted by atomic mass is 16.5. The number of aryl methyl sites for hydroxylation is 1. The number of carbonyl (C=O) groups is 1. The van der Waals surface area contributed by atoms with Gasteiger partial charge in [-0.2, -0.15) is 0 Å². The first-order chi connectivity index (χ1) is 16.6. The number of ether oxygens (including phenoxy) is 1. The largest absolute Gasteiger partial charge is 0.489 e. The van der Waals surface area contributed by atoms with Gasteiger partial charge in [0, 0.05) is 12.2 Å². The Morgan fingerprint density at radius 1 is 0.941 bits per heavy atom. The summed E-state index contributed by atoms with van der Waals surface area (Å²) in [6, 6.07) is 25.5. The predicted molar refractivity (Wildman–Crippen MR) is 135 cm³/mol. The van der Waals surface area contributed by atoms with E-state index in [1.54, 1.807) is 0 Å². The lowest BCUT2D eigenvalue weighted by Crippen LogP contribution is -2.32. The molecule has 2 aliphatic carbocycles. The third-order valence-electron chi connectivity index (χ3n) is 7.74. The lowest BCUT2D eigenvalue weighted by atomic mass is 9.67. The molecule has 0 unspecified atom stereocenters. The Balaban J connectivity index is 1.19. The summed E-state index contributed by atoms with van der Waals surface area (Å²) in [6.07, 6.45) is 6.71. The summed E-state index contributed by atoms with van der Waals surface area (Å²) in [4.78, 5) is 11.4. The lowest BCUT2D eigenvalue weighted by molar-refractivity contribution is -0.143. The molecule has 0 saturated heterocycles. The van der Waals surface area contributed by atoms with E-state index in [1.165, 1.54) is 16.7 Å². The number of nitrogens with one attached hydrogen (secondary N) is 1. The topological polar surface area (TPSA) is 58.6 Å². The molecular formula is C30H33NO3. The first-order valence-electron chi connectivity index (χ1n) is 12.5. The average molecular weight is 456 g/mol. The summed E-state index contributed by atoms with van der Waals surface area (Å²) in [7, 11) is 0. The van der Waals surface area contributed by atoms with Crippen LogP contribution >= 0.6 is 0 Å². The van der Waals surface area contributed by atoms with Crippen LogP contribution in [0.1, 0.15) is 54.4 Å². The van der Waals surface area contributed by atoms with Gasteiger partial charge in [0.05, 0.1) is 5.92 Å². The van der Waals surface area contributed by atoms with Gasteiger partial charge in [0.25, 0.3) is 0 Å². The van der Waals surface area contributed by atoms with Crippen molar-refractivity contribution in [3.05, 3.63) is 95.1 Å². The molecule has 1 saturated carbocycles. The van der Waals surface area contributed by atoms with Gasteiger partial charge < -0.3 is 15.2 Å². The molecule has 0 aromatic heterocycles. The van der Waals surface area contributed by atoms with Gasteiger partial charge in [-0.05, 0) is 96.9 Å². The minimum atomic E-state index is -0.637. The number of aliphatic carboxylic acids is 1. The van der Waals surface area contributed by atoms with E-state index in [-0.39, 0.29) is 11.3 Å². The van der Waals surface area contributed by atoms with E-state index in [0.29, 0.717) is 6.61 Å². The summed E-state index contributed by atoms with van der Waals surface area (Å²) in [6.45, 7) is 1.42. The molecule has 1 spiro atoms. The van der Waals surface area contributed by atoms with E-state index in [1.807, 2.05) is 6.07 Å². The van der Waals surface area contributed by atoms with Crippen LogP contribution in [0.25, 0.3) is 0 Å². The Labute approximate surface area is 202 Å². The zero-order chi connectivity index (χ0) is 23.4. The Hall–Kier alpha value is -3.27. The maximum atomic E-state index is 11.4. The van der Waals surface area contributed by atoms with Gasteiger partial charge in [0.15, 0.2) is 0 Å². The molecule has 3 aromatic carbocycles. The van der Waals surface area contributed by atoms with Crippen LogP contribution in [0.2, 0.25) is 0 Å². The number of fused-ring (bicyclic) bond motifs is 2. The molecule has 34 heavy (non-hydrogen) atoms. The minimum Gasteiger partial charge on any atom is -0.489 e. The molecule has 2 aliphatic rings. The molecule has 0 bridgehead atoms. The van der Waals surface area contributed by atoms with Crippen LogP contribution in [0, 0.1) is 5.92 Å². The van der Waals surface area contributed by atoms with Gasteiger partial charge in [-0.3, -0.25) is 4.79 Å². The van der Waals surface area contributed by atoms with Gasteiger partial charge >= 0.3 is 5.97 Å². The number of carboxylic acid groups (broad SMARTS) is 1. The van der Waals surface area contributed by atoms with Gasteiger partial charge in [-0.1, -0.05) is 48.5 Å². The molecule has 3 aromatic rings. The summed E-state index contributed by atoms with van der Waals surface area (Å²) in [5.74, 6) is 0.0902. The smallest absolute Gasteiger partial charge is 0.306 e. The second-order valence-electron chi connectivity index (χ2n) is 9.86. The van der Waals surface area contributed by atoms with Crippen molar-refractivity contribution >= 4 is 11.7 Å². The zero-order valence-corrected chi connectivity index (χ0v) is 19.6. The van der Waals surface area contributed by atoms with E-state index in [2.05, 4.69) is 72.0 Å². The standard InChI is InChI=1S/C30H33NO3/c32-29(33)25-12-16-30(17-13-25)15-11-24-9-10-27(20-28(24)30)34-21-23-7-4-8-26(19-23)31-18-14-22-5-2-1-3-6-22/h1-10,19-20,25,31H,11-18,21H2,(H,32,33). The normalized spacial score (nSPS) is 21.2. The maximum Gasteiger partial charge on any atom is 0.306 e. The highest BCUT2D eigenvalue weighted by Crippen LogP contribution is 2.50. The molecule has 0 heterocycles. The summed E-state index contributed by atoms with van der Waals surface area (Å²) >= 11 is 0. The summed E-state index contributed by atoms with van der Waals surface area (Å²) in [5.41, 5.74) is 6.53. The molecule has 4 nitrogen and oxygen atoms in total.